The molecule has 2 aromatic rings. The first-order valence-electron chi connectivity index (χ1n) is 10.6. The summed E-state index contributed by atoms with van der Waals surface area (Å²) in [5.41, 5.74) is 2.48. The van der Waals surface area contributed by atoms with Crippen molar-refractivity contribution in [2.45, 2.75) is 17.7 Å². The van der Waals surface area contributed by atoms with Crippen molar-refractivity contribution in [1.29, 1.82) is 0 Å². The van der Waals surface area contributed by atoms with Crippen LogP contribution in [-0.2, 0) is 25.8 Å². The molecule has 2 aromatic carbocycles. The van der Waals surface area contributed by atoms with E-state index in [0.717, 1.165) is 17.1 Å². The lowest BCUT2D eigenvalue weighted by atomic mass is 10.2. The molecule has 8 nitrogen and oxygen atoms in total. The fourth-order valence-corrected chi connectivity index (χ4v) is 5.44. The van der Waals surface area contributed by atoms with Crippen molar-refractivity contribution in [2.75, 3.05) is 55.9 Å². The number of nitrogens with zero attached hydrogens (tertiary/aromatic N) is 3. The predicted octanol–water partition coefficient (Wildman–Crippen LogP) is 1.73. The van der Waals surface area contributed by atoms with Crippen molar-refractivity contribution in [3.8, 4) is 5.75 Å². The van der Waals surface area contributed by atoms with E-state index in [-0.39, 0.29) is 35.3 Å². The summed E-state index contributed by atoms with van der Waals surface area (Å²) in [6, 6.07) is 12.5. The second kappa shape index (κ2) is 8.82. The van der Waals surface area contributed by atoms with Gasteiger partial charge in [0.15, 0.2) is 9.84 Å². The normalized spacial score (nSPS) is 16.3. The van der Waals surface area contributed by atoms with E-state index < -0.39 is 9.84 Å². The quantitative estimate of drug-likeness (QED) is 0.657. The van der Waals surface area contributed by atoms with Gasteiger partial charge in [-0.15, -0.1) is 0 Å². The molecule has 0 aromatic heterocycles. The molecular weight excluding hydrogens is 430 g/mol. The maximum atomic E-state index is 12.8. The monoisotopic (exact) mass is 457 g/mol. The fraction of sp³-hybridized carbons (Fsp3) is 0.391. The third kappa shape index (κ3) is 4.43. The van der Waals surface area contributed by atoms with Crippen LogP contribution in [0.25, 0.3) is 0 Å². The number of likely N-dealkylation sites (N-methyl/N-ethyl adjacent to an activating group) is 1. The average Bonchev–Trinajstić information content (AvgIpc) is 3.10. The van der Waals surface area contributed by atoms with Crippen molar-refractivity contribution in [2.24, 2.45) is 0 Å². The first-order valence-corrected chi connectivity index (χ1v) is 12.2. The summed E-state index contributed by atoms with van der Waals surface area (Å²) < 4.78 is 30.9. The highest BCUT2D eigenvalue weighted by atomic mass is 32.2. The van der Waals surface area contributed by atoms with E-state index in [4.69, 9.17) is 4.74 Å². The Morgan fingerprint density at radius 3 is 2.53 bits per heavy atom. The summed E-state index contributed by atoms with van der Waals surface area (Å²) in [6.45, 7) is 2.45. The molecule has 170 valence electrons. The van der Waals surface area contributed by atoms with Crippen LogP contribution in [0.4, 0.5) is 11.4 Å². The largest absolute Gasteiger partial charge is 0.497 e. The van der Waals surface area contributed by atoms with Crippen LogP contribution in [0.2, 0.25) is 0 Å². The number of benzene rings is 2. The summed E-state index contributed by atoms with van der Waals surface area (Å²) in [5, 5.41) is 0. The van der Waals surface area contributed by atoms with Crippen molar-refractivity contribution in [3.63, 3.8) is 0 Å². The summed E-state index contributed by atoms with van der Waals surface area (Å²) >= 11 is 0. The zero-order chi connectivity index (χ0) is 22.9. The Hall–Kier alpha value is -3.07. The first-order chi connectivity index (χ1) is 15.3. The molecule has 4 rings (SSSR count). The van der Waals surface area contributed by atoms with Crippen LogP contribution in [0.15, 0.2) is 47.4 Å². The lowest BCUT2D eigenvalue weighted by molar-refractivity contribution is -0.131. The van der Waals surface area contributed by atoms with Gasteiger partial charge in [-0.3, -0.25) is 9.59 Å². The summed E-state index contributed by atoms with van der Waals surface area (Å²) in [6.07, 6.45) is 0.142. The average molecular weight is 458 g/mol. The number of amides is 2. The Morgan fingerprint density at radius 2 is 1.81 bits per heavy atom. The van der Waals surface area contributed by atoms with Crippen LogP contribution < -0.4 is 14.5 Å². The lowest BCUT2D eigenvalue weighted by Crippen LogP contribution is -2.49. The molecule has 0 radical (unpaired) electrons. The Morgan fingerprint density at radius 1 is 1.06 bits per heavy atom. The topological polar surface area (TPSA) is 87.2 Å². The number of piperazine rings is 1. The number of anilines is 2. The molecule has 0 N–H and O–H groups in total. The molecule has 0 bridgehead atoms. The van der Waals surface area contributed by atoms with Gasteiger partial charge in [0.25, 0.3) is 0 Å². The number of hydrogen-bond acceptors (Lipinski definition) is 6. The highest BCUT2D eigenvalue weighted by molar-refractivity contribution is 7.91. The zero-order valence-electron chi connectivity index (χ0n) is 18.3. The van der Waals surface area contributed by atoms with E-state index in [0.29, 0.717) is 31.7 Å². The van der Waals surface area contributed by atoms with Crippen molar-refractivity contribution in [3.05, 3.63) is 48.0 Å². The highest BCUT2D eigenvalue weighted by Crippen LogP contribution is 2.30. The molecule has 1 fully saturated rings. The highest BCUT2D eigenvalue weighted by Gasteiger charge is 2.27. The Kier molecular flexibility index (Phi) is 6.10. The minimum atomic E-state index is -3.61. The summed E-state index contributed by atoms with van der Waals surface area (Å²) in [4.78, 5) is 30.1. The number of rotatable bonds is 6. The molecule has 32 heavy (non-hydrogen) atoms. The number of sulfone groups is 1. The maximum Gasteiger partial charge on any atom is 0.231 e. The van der Waals surface area contributed by atoms with E-state index >= 15 is 0 Å². The van der Waals surface area contributed by atoms with Gasteiger partial charge >= 0.3 is 0 Å². The van der Waals surface area contributed by atoms with Gasteiger partial charge in [0, 0.05) is 57.1 Å². The number of ether oxygens (including phenoxy) is 1. The van der Waals surface area contributed by atoms with Crippen LogP contribution in [0, 0.1) is 0 Å². The standard InChI is InChI=1S/C23H27N3O5S/c1-24-21-7-6-20(14-17(21)15-23(24)28)32(29,30)13-8-22(27)26-11-9-25(10-12-26)18-4-3-5-19(16-18)31-2/h3-7,14,16H,8-13,15H2,1-2H3. The third-order valence-electron chi connectivity index (χ3n) is 6.12. The van der Waals surface area contributed by atoms with E-state index in [1.165, 1.54) is 11.0 Å². The summed E-state index contributed by atoms with van der Waals surface area (Å²) in [5.74, 6) is 0.325. The zero-order valence-corrected chi connectivity index (χ0v) is 19.1. The predicted molar refractivity (Wildman–Crippen MR) is 122 cm³/mol. The van der Waals surface area contributed by atoms with E-state index in [1.807, 2.05) is 24.3 Å². The third-order valence-corrected chi connectivity index (χ3v) is 7.84. The van der Waals surface area contributed by atoms with Gasteiger partial charge in [-0.05, 0) is 35.9 Å². The SMILES string of the molecule is COc1cccc(N2CCN(C(=O)CCS(=O)(=O)c3ccc4c(c3)CC(=O)N4C)CC2)c1. The van der Waals surface area contributed by atoms with Gasteiger partial charge in [0.1, 0.15) is 5.75 Å². The molecule has 0 aliphatic carbocycles. The molecule has 0 spiro atoms. The Labute approximate surface area is 188 Å². The van der Waals surface area contributed by atoms with Crippen molar-refractivity contribution < 1.29 is 22.7 Å². The van der Waals surface area contributed by atoms with E-state index in [9.17, 15) is 18.0 Å². The molecule has 2 aliphatic rings. The van der Waals surface area contributed by atoms with E-state index in [1.54, 1.807) is 31.2 Å². The fourth-order valence-electron chi connectivity index (χ4n) is 4.16. The smallest absolute Gasteiger partial charge is 0.231 e. The number of methoxy groups -OCH3 is 1. The minimum absolute atomic E-state index is 0.0576. The second-order valence-corrected chi connectivity index (χ2v) is 10.2. The number of fused-ring (bicyclic) bond motifs is 1. The van der Waals surface area contributed by atoms with Crippen LogP contribution in [-0.4, -0.2) is 71.2 Å². The van der Waals surface area contributed by atoms with Gasteiger partial charge < -0.3 is 19.4 Å². The molecular formula is C23H27N3O5S. The number of hydrogen-bond donors (Lipinski definition) is 0. The Balaban J connectivity index is 1.33. The van der Waals surface area contributed by atoms with Gasteiger partial charge in [0.2, 0.25) is 11.8 Å². The second-order valence-electron chi connectivity index (χ2n) is 8.06. The van der Waals surface area contributed by atoms with Gasteiger partial charge in [-0.1, -0.05) is 6.07 Å². The molecule has 1 saturated heterocycles. The van der Waals surface area contributed by atoms with Gasteiger partial charge in [-0.25, -0.2) is 8.42 Å². The first kappa shape index (κ1) is 22.1. The molecule has 0 saturated carbocycles. The van der Waals surface area contributed by atoms with Crippen LogP contribution >= 0.6 is 0 Å². The minimum Gasteiger partial charge on any atom is -0.497 e. The maximum absolute atomic E-state index is 12.8. The number of carbonyl (C=O) groups is 2. The van der Waals surface area contributed by atoms with Gasteiger partial charge in [0.05, 0.1) is 24.2 Å². The number of carbonyl (C=O) groups excluding carboxylic acids is 2. The molecule has 0 atom stereocenters. The Bertz CT molecular complexity index is 1140. The molecule has 2 heterocycles. The summed E-state index contributed by atoms with van der Waals surface area (Å²) in [7, 11) is -0.309. The van der Waals surface area contributed by atoms with Crippen LogP contribution in [0.3, 0.4) is 0 Å². The van der Waals surface area contributed by atoms with Gasteiger partial charge in [-0.2, -0.15) is 0 Å². The van der Waals surface area contributed by atoms with Crippen LogP contribution in [0.1, 0.15) is 12.0 Å². The van der Waals surface area contributed by atoms with E-state index in [2.05, 4.69) is 4.90 Å². The van der Waals surface area contributed by atoms with Crippen molar-refractivity contribution in [1.82, 2.24) is 4.90 Å². The molecule has 2 aliphatic heterocycles. The molecule has 2 amide bonds. The molecule has 9 heteroatoms. The van der Waals surface area contributed by atoms with Crippen molar-refractivity contribution >= 4 is 33.0 Å². The van der Waals surface area contributed by atoms with Crippen LogP contribution in [0.5, 0.6) is 5.75 Å². The lowest BCUT2D eigenvalue weighted by Gasteiger charge is -2.36. The molecule has 0 unspecified atom stereocenters.